The van der Waals surface area contributed by atoms with Gasteiger partial charge in [-0.05, 0) is 41.8 Å². The lowest BCUT2D eigenvalue weighted by molar-refractivity contribution is 0.630. The Morgan fingerprint density at radius 2 is 2.00 bits per heavy atom. The minimum absolute atomic E-state index is 0.110. The smallest absolute Gasteiger partial charge is 0.0742 e. The van der Waals surface area contributed by atoms with Gasteiger partial charge in [-0.2, -0.15) is 0 Å². The van der Waals surface area contributed by atoms with Crippen molar-refractivity contribution in [2.75, 3.05) is 0 Å². The van der Waals surface area contributed by atoms with E-state index in [-0.39, 0.29) is 6.04 Å². The van der Waals surface area contributed by atoms with E-state index in [0.717, 1.165) is 27.6 Å². The highest BCUT2D eigenvalue weighted by molar-refractivity contribution is 5.79. The third-order valence-electron chi connectivity index (χ3n) is 3.50. The maximum Gasteiger partial charge on any atom is 0.0742 e. The summed E-state index contributed by atoms with van der Waals surface area (Å²) >= 11 is 0. The van der Waals surface area contributed by atoms with Crippen molar-refractivity contribution in [3.05, 3.63) is 71.7 Å². The number of hydrogen-bond acceptors (Lipinski definition) is 4. The van der Waals surface area contributed by atoms with Crippen molar-refractivity contribution in [2.45, 2.75) is 13.0 Å². The molecule has 0 saturated heterocycles. The Morgan fingerprint density at radius 1 is 1.15 bits per heavy atom. The van der Waals surface area contributed by atoms with Crippen LogP contribution in [0.3, 0.4) is 0 Å². The molecule has 0 amide bonds. The van der Waals surface area contributed by atoms with Gasteiger partial charge in [0.25, 0.3) is 0 Å². The van der Waals surface area contributed by atoms with Crippen LogP contribution in [0.5, 0.6) is 0 Å². The standard InChI is InChI=1S/C16H16N4/c1-11-6-7-18-10-14(11)16(20-17)13-8-12-4-2-3-5-15(12)19-9-13/h2-10,16,20H,17H2,1H3. The number of nitrogens with zero attached hydrogens (tertiary/aromatic N) is 2. The van der Waals surface area contributed by atoms with E-state index < -0.39 is 0 Å². The van der Waals surface area contributed by atoms with Crippen LogP contribution in [0.25, 0.3) is 10.9 Å². The first-order valence-electron chi connectivity index (χ1n) is 6.51. The van der Waals surface area contributed by atoms with Crippen LogP contribution in [-0.4, -0.2) is 9.97 Å². The van der Waals surface area contributed by atoms with Crippen LogP contribution >= 0.6 is 0 Å². The van der Waals surface area contributed by atoms with Crippen molar-refractivity contribution in [3.63, 3.8) is 0 Å². The van der Waals surface area contributed by atoms with E-state index in [1.165, 1.54) is 0 Å². The lowest BCUT2D eigenvalue weighted by Gasteiger charge is -2.18. The summed E-state index contributed by atoms with van der Waals surface area (Å²) < 4.78 is 0. The van der Waals surface area contributed by atoms with Crippen molar-refractivity contribution < 1.29 is 0 Å². The van der Waals surface area contributed by atoms with Crippen molar-refractivity contribution in [2.24, 2.45) is 5.84 Å². The monoisotopic (exact) mass is 264 g/mol. The summed E-state index contributed by atoms with van der Waals surface area (Å²) in [4.78, 5) is 8.68. The first-order chi connectivity index (χ1) is 9.79. The number of benzene rings is 1. The highest BCUT2D eigenvalue weighted by Crippen LogP contribution is 2.25. The molecule has 1 unspecified atom stereocenters. The van der Waals surface area contributed by atoms with E-state index in [1.54, 1.807) is 6.20 Å². The molecular weight excluding hydrogens is 248 g/mol. The van der Waals surface area contributed by atoms with Gasteiger partial charge in [-0.3, -0.25) is 15.8 Å². The molecule has 3 aromatic rings. The number of aryl methyl sites for hydroxylation is 1. The van der Waals surface area contributed by atoms with Gasteiger partial charge in [0.15, 0.2) is 0 Å². The zero-order valence-electron chi connectivity index (χ0n) is 11.2. The molecule has 0 bridgehead atoms. The van der Waals surface area contributed by atoms with Gasteiger partial charge in [-0.25, -0.2) is 5.43 Å². The number of rotatable bonds is 3. The molecule has 1 atom stereocenters. The van der Waals surface area contributed by atoms with Crippen LogP contribution in [0.4, 0.5) is 0 Å². The van der Waals surface area contributed by atoms with Crippen LogP contribution in [0.2, 0.25) is 0 Å². The van der Waals surface area contributed by atoms with Crippen LogP contribution in [0, 0.1) is 6.92 Å². The molecule has 1 aromatic carbocycles. The third-order valence-corrected chi connectivity index (χ3v) is 3.50. The molecule has 0 aliphatic carbocycles. The van der Waals surface area contributed by atoms with Gasteiger partial charge in [0.05, 0.1) is 11.6 Å². The lowest BCUT2D eigenvalue weighted by Crippen LogP contribution is -2.29. The van der Waals surface area contributed by atoms with Crippen molar-refractivity contribution in [1.29, 1.82) is 0 Å². The first-order valence-corrected chi connectivity index (χ1v) is 6.51. The normalized spacial score (nSPS) is 12.5. The topological polar surface area (TPSA) is 63.8 Å². The van der Waals surface area contributed by atoms with Crippen LogP contribution in [-0.2, 0) is 0 Å². The summed E-state index contributed by atoms with van der Waals surface area (Å²) in [5.74, 6) is 5.74. The zero-order chi connectivity index (χ0) is 13.9. The van der Waals surface area contributed by atoms with Crippen LogP contribution < -0.4 is 11.3 Å². The van der Waals surface area contributed by atoms with E-state index in [1.807, 2.05) is 36.7 Å². The minimum atomic E-state index is -0.110. The van der Waals surface area contributed by atoms with Crippen molar-refractivity contribution >= 4 is 10.9 Å². The summed E-state index contributed by atoms with van der Waals surface area (Å²) in [5.41, 5.74) is 7.08. The fourth-order valence-corrected chi connectivity index (χ4v) is 2.39. The second kappa shape index (κ2) is 5.36. The Kier molecular flexibility index (Phi) is 3.41. The van der Waals surface area contributed by atoms with E-state index in [0.29, 0.717) is 0 Å². The van der Waals surface area contributed by atoms with Gasteiger partial charge in [0.2, 0.25) is 0 Å². The summed E-state index contributed by atoms with van der Waals surface area (Å²) in [7, 11) is 0. The Balaban J connectivity index is 2.10. The predicted molar refractivity (Wildman–Crippen MR) is 79.9 cm³/mol. The molecule has 4 nitrogen and oxygen atoms in total. The Labute approximate surface area is 117 Å². The predicted octanol–water partition coefficient (Wildman–Crippen LogP) is 2.49. The fourth-order valence-electron chi connectivity index (χ4n) is 2.39. The molecule has 2 heterocycles. The molecule has 0 radical (unpaired) electrons. The second-order valence-electron chi connectivity index (χ2n) is 4.79. The number of hydrogen-bond donors (Lipinski definition) is 2. The van der Waals surface area contributed by atoms with Gasteiger partial charge >= 0.3 is 0 Å². The van der Waals surface area contributed by atoms with E-state index in [2.05, 4.69) is 34.5 Å². The molecule has 0 aliphatic heterocycles. The first kappa shape index (κ1) is 12.7. The molecule has 2 aromatic heterocycles. The highest BCUT2D eigenvalue weighted by atomic mass is 15.2. The Morgan fingerprint density at radius 3 is 2.80 bits per heavy atom. The van der Waals surface area contributed by atoms with Crippen molar-refractivity contribution in [1.82, 2.24) is 15.4 Å². The van der Waals surface area contributed by atoms with Crippen LogP contribution in [0.1, 0.15) is 22.7 Å². The molecule has 0 aliphatic rings. The van der Waals surface area contributed by atoms with Gasteiger partial charge in [-0.1, -0.05) is 18.2 Å². The quantitative estimate of drug-likeness (QED) is 0.563. The number of fused-ring (bicyclic) bond motifs is 1. The maximum atomic E-state index is 5.74. The molecular formula is C16H16N4. The number of para-hydroxylation sites is 1. The number of nitrogens with one attached hydrogen (secondary N) is 1. The van der Waals surface area contributed by atoms with E-state index in [9.17, 15) is 0 Å². The molecule has 4 heteroatoms. The average molecular weight is 264 g/mol. The number of aromatic nitrogens is 2. The molecule has 100 valence electrons. The molecule has 20 heavy (non-hydrogen) atoms. The SMILES string of the molecule is Cc1ccncc1C(NN)c1cnc2ccccc2c1. The number of pyridine rings is 2. The molecule has 3 N–H and O–H groups in total. The van der Waals surface area contributed by atoms with Gasteiger partial charge in [0, 0.05) is 24.0 Å². The molecule has 0 spiro atoms. The van der Waals surface area contributed by atoms with Gasteiger partial charge in [0.1, 0.15) is 0 Å². The summed E-state index contributed by atoms with van der Waals surface area (Å²) in [6.45, 7) is 2.05. The summed E-state index contributed by atoms with van der Waals surface area (Å²) in [6.07, 6.45) is 5.49. The van der Waals surface area contributed by atoms with Crippen LogP contribution in [0.15, 0.2) is 55.0 Å². The summed E-state index contributed by atoms with van der Waals surface area (Å²) in [6, 6.07) is 12.0. The third kappa shape index (κ3) is 2.27. The second-order valence-corrected chi connectivity index (χ2v) is 4.79. The fraction of sp³-hybridized carbons (Fsp3) is 0.125. The minimum Gasteiger partial charge on any atom is -0.271 e. The average Bonchev–Trinajstić information content (AvgIpc) is 2.50. The maximum absolute atomic E-state index is 5.74. The number of nitrogens with two attached hydrogens (primary N) is 1. The molecule has 0 saturated carbocycles. The summed E-state index contributed by atoms with van der Waals surface area (Å²) in [5, 5.41) is 1.10. The van der Waals surface area contributed by atoms with Gasteiger partial charge < -0.3 is 0 Å². The largest absolute Gasteiger partial charge is 0.271 e. The molecule has 0 fully saturated rings. The lowest BCUT2D eigenvalue weighted by atomic mass is 9.97. The highest BCUT2D eigenvalue weighted by Gasteiger charge is 2.15. The van der Waals surface area contributed by atoms with Crippen molar-refractivity contribution in [3.8, 4) is 0 Å². The number of hydrazine groups is 1. The zero-order valence-corrected chi connectivity index (χ0v) is 11.2. The van der Waals surface area contributed by atoms with E-state index in [4.69, 9.17) is 5.84 Å². The van der Waals surface area contributed by atoms with Gasteiger partial charge in [-0.15, -0.1) is 0 Å². The van der Waals surface area contributed by atoms with E-state index >= 15 is 0 Å². The Hall–Kier alpha value is -2.30. The Bertz CT molecular complexity index is 739. The molecule has 3 rings (SSSR count).